The lowest BCUT2D eigenvalue weighted by molar-refractivity contribution is 0.823. The van der Waals surface area contributed by atoms with E-state index in [0.29, 0.717) is 12.0 Å². The highest BCUT2D eigenvalue weighted by atomic mass is 35.5. The number of nitrogens with one attached hydrogen (secondary N) is 1. The average molecular weight is 280 g/mol. The normalized spacial score (nSPS) is 22.8. The van der Waals surface area contributed by atoms with Crippen molar-refractivity contribution in [1.82, 2.24) is 0 Å². The van der Waals surface area contributed by atoms with Gasteiger partial charge in [0.1, 0.15) is 0 Å². The Kier molecular flexibility index (Phi) is 2.68. The number of hydrogen-bond donors (Lipinski definition) is 1. The summed E-state index contributed by atoms with van der Waals surface area (Å²) in [5.41, 5.74) is 5.12. The molecular weight excluding hydrogens is 266 g/mol. The van der Waals surface area contributed by atoms with Crippen LogP contribution in [0.25, 0.3) is 5.57 Å². The van der Waals surface area contributed by atoms with Crippen molar-refractivity contribution in [2.24, 2.45) is 0 Å². The van der Waals surface area contributed by atoms with Crippen molar-refractivity contribution in [3.8, 4) is 0 Å². The summed E-state index contributed by atoms with van der Waals surface area (Å²) in [6.07, 6.45) is 6.59. The Labute approximate surface area is 123 Å². The summed E-state index contributed by atoms with van der Waals surface area (Å²) in [4.78, 5) is 0. The Morgan fingerprint density at radius 1 is 1.00 bits per heavy atom. The van der Waals surface area contributed by atoms with Crippen molar-refractivity contribution < 1.29 is 0 Å². The number of allylic oxidation sites excluding steroid dienone is 2. The molecule has 1 aliphatic heterocycles. The number of hydrogen-bond acceptors (Lipinski definition) is 1. The summed E-state index contributed by atoms with van der Waals surface area (Å²) in [6, 6.07) is 17.0. The topological polar surface area (TPSA) is 12.0 Å². The van der Waals surface area contributed by atoms with Gasteiger partial charge in [0.2, 0.25) is 0 Å². The van der Waals surface area contributed by atoms with Crippen LogP contribution in [0.1, 0.15) is 17.0 Å². The van der Waals surface area contributed by atoms with Crippen molar-refractivity contribution in [3.05, 3.63) is 82.9 Å². The van der Waals surface area contributed by atoms with E-state index in [2.05, 4.69) is 66.0 Å². The van der Waals surface area contributed by atoms with E-state index >= 15 is 0 Å². The highest BCUT2D eigenvalue weighted by Crippen LogP contribution is 2.46. The molecular formula is C18H14ClN. The van der Waals surface area contributed by atoms with E-state index in [4.69, 9.17) is 11.6 Å². The van der Waals surface area contributed by atoms with Gasteiger partial charge in [-0.05, 0) is 34.9 Å². The molecule has 20 heavy (non-hydrogen) atoms. The molecule has 4 rings (SSSR count). The first-order valence-corrected chi connectivity index (χ1v) is 7.20. The third kappa shape index (κ3) is 1.78. The molecule has 2 heteroatoms. The third-order valence-corrected chi connectivity index (χ3v) is 4.30. The molecule has 1 nitrogen and oxygen atoms in total. The first-order valence-electron chi connectivity index (χ1n) is 6.83. The largest absolute Gasteiger partial charge is 0.378 e. The SMILES string of the molecule is Clc1ccc2c(c1)C1C(c3ccccc3)=CC=CC1N2. The van der Waals surface area contributed by atoms with E-state index in [1.54, 1.807) is 0 Å². The van der Waals surface area contributed by atoms with Gasteiger partial charge in [-0.1, -0.05) is 60.2 Å². The van der Waals surface area contributed by atoms with Gasteiger partial charge >= 0.3 is 0 Å². The molecule has 0 amide bonds. The molecule has 1 aliphatic carbocycles. The Bertz CT molecular complexity index is 715. The number of fused-ring (bicyclic) bond motifs is 3. The lowest BCUT2D eigenvalue weighted by Crippen LogP contribution is -2.20. The fraction of sp³-hybridized carbons (Fsp3) is 0.111. The second kappa shape index (κ2) is 4.53. The second-order valence-corrected chi connectivity index (χ2v) is 5.69. The first-order chi connectivity index (χ1) is 9.83. The van der Waals surface area contributed by atoms with E-state index < -0.39 is 0 Å². The maximum Gasteiger partial charge on any atom is 0.0557 e. The zero-order valence-corrected chi connectivity index (χ0v) is 11.6. The molecule has 0 radical (unpaired) electrons. The monoisotopic (exact) mass is 279 g/mol. The highest BCUT2D eigenvalue weighted by Gasteiger charge is 2.34. The Morgan fingerprint density at radius 3 is 2.70 bits per heavy atom. The molecule has 1 N–H and O–H groups in total. The van der Waals surface area contributed by atoms with Crippen molar-refractivity contribution in [2.75, 3.05) is 5.32 Å². The van der Waals surface area contributed by atoms with Crippen LogP contribution in [0.15, 0.2) is 66.8 Å². The first kappa shape index (κ1) is 11.8. The molecule has 2 aromatic carbocycles. The Morgan fingerprint density at radius 2 is 1.85 bits per heavy atom. The summed E-state index contributed by atoms with van der Waals surface area (Å²) < 4.78 is 0. The molecule has 98 valence electrons. The van der Waals surface area contributed by atoms with Gasteiger partial charge in [-0.15, -0.1) is 0 Å². The van der Waals surface area contributed by atoms with Crippen LogP contribution < -0.4 is 5.32 Å². The van der Waals surface area contributed by atoms with Crippen LogP contribution in [-0.2, 0) is 0 Å². The third-order valence-electron chi connectivity index (χ3n) is 4.07. The minimum atomic E-state index is 0.323. The lowest BCUT2D eigenvalue weighted by atomic mass is 9.81. The number of rotatable bonds is 1. The predicted octanol–water partition coefficient (Wildman–Crippen LogP) is 4.87. The van der Waals surface area contributed by atoms with Crippen LogP contribution in [-0.4, -0.2) is 6.04 Å². The maximum absolute atomic E-state index is 6.18. The van der Waals surface area contributed by atoms with Crippen LogP contribution in [0.2, 0.25) is 5.02 Å². The van der Waals surface area contributed by atoms with E-state index in [0.717, 1.165) is 5.02 Å². The van der Waals surface area contributed by atoms with Crippen molar-refractivity contribution in [2.45, 2.75) is 12.0 Å². The van der Waals surface area contributed by atoms with Crippen LogP contribution in [0.5, 0.6) is 0 Å². The summed E-state index contributed by atoms with van der Waals surface area (Å²) >= 11 is 6.18. The summed E-state index contributed by atoms with van der Waals surface area (Å²) in [6.45, 7) is 0. The quantitative estimate of drug-likeness (QED) is 0.785. The molecule has 0 saturated heterocycles. The average Bonchev–Trinajstić information content (AvgIpc) is 2.86. The molecule has 0 saturated carbocycles. The van der Waals surface area contributed by atoms with E-state index in [1.807, 2.05) is 6.07 Å². The standard InChI is InChI=1S/C18H14ClN/c19-13-9-10-16-15(11-13)18-14(7-4-8-17(18)20-16)12-5-2-1-3-6-12/h1-11,17-18,20H. The lowest BCUT2D eigenvalue weighted by Gasteiger charge is -2.24. The van der Waals surface area contributed by atoms with Gasteiger partial charge in [-0.3, -0.25) is 0 Å². The summed E-state index contributed by atoms with van der Waals surface area (Å²) in [7, 11) is 0. The molecule has 2 unspecified atom stereocenters. The summed E-state index contributed by atoms with van der Waals surface area (Å²) in [5.74, 6) is 0.344. The van der Waals surface area contributed by atoms with Gasteiger partial charge in [-0.2, -0.15) is 0 Å². The fourth-order valence-electron chi connectivity index (χ4n) is 3.19. The van der Waals surface area contributed by atoms with Gasteiger partial charge in [0.15, 0.2) is 0 Å². The van der Waals surface area contributed by atoms with Gasteiger partial charge in [-0.25, -0.2) is 0 Å². The second-order valence-electron chi connectivity index (χ2n) is 5.25. The van der Waals surface area contributed by atoms with Crippen LogP contribution in [0.3, 0.4) is 0 Å². The minimum absolute atomic E-state index is 0.323. The number of benzene rings is 2. The van der Waals surface area contributed by atoms with Gasteiger partial charge in [0.05, 0.1) is 6.04 Å². The van der Waals surface area contributed by atoms with Crippen LogP contribution in [0.4, 0.5) is 5.69 Å². The van der Waals surface area contributed by atoms with Crippen LogP contribution in [0, 0.1) is 0 Å². The predicted molar refractivity (Wildman–Crippen MR) is 85.2 cm³/mol. The van der Waals surface area contributed by atoms with Crippen molar-refractivity contribution in [1.29, 1.82) is 0 Å². The van der Waals surface area contributed by atoms with Crippen molar-refractivity contribution in [3.63, 3.8) is 0 Å². The van der Waals surface area contributed by atoms with Gasteiger partial charge in [0.25, 0.3) is 0 Å². The molecule has 0 bridgehead atoms. The Hall–Kier alpha value is -1.99. The molecule has 2 aliphatic rings. The van der Waals surface area contributed by atoms with Gasteiger partial charge < -0.3 is 5.32 Å². The minimum Gasteiger partial charge on any atom is -0.378 e. The Balaban J connectivity index is 1.85. The van der Waals surface area contributed by atoms with Crippen LogP contribution >= 0.6 is 11.6 Å². The maximum atomic E-state index is 6.18. The van der Waals surface area contributed by atoms with E-state index in [-0.39, 0.29) is 0 Å². The molecule has 0 aromatic heterocycles. The number of halogens is 1. The fourth-order valence-corrected chi connectivity index (χ4v) is 3.37. The zero-order chi connectivity index (χ0) is 13.5. The zero-order valence-electron chi connectivity index (χ0n) is 10.9. The number of anilines is 1. The van der Waals surface area contributed by atoms with Crippen molar-refractivity contribution >= 4 is 22.9 Å². The smallest absolute Gasteiger partial charge is 0.0557 e. The van der Waals surface area contributed by atoms with E-state index in [9.17, 15) is 0 Å². The van der Waals surface area contributed by atoms with Gasteiger partial charge in [0, 0.05) is 16.6 Å². The molecule has 2 atom stereocenters. The summed E-state index contributed by atoms with van der Waals surface area (Å²) in [5, 5.41) is 4.38. The molecule has 0 spiro atoms. The highest BCUT2D eigenvalue weighted by molar-refractivity contribution is 6.30. The molecule has 0 fully saturated rings. The van der Waals surface area contributed by atoms with E-state index in [1.165, 1.54) is 22.4 Å². The molecule has 2 aromatic rings. The molecule has 1 heterocycles.